The quantitative estimate of drug-likeness (QED) is 0.397. The van der Waals surface area contributed by atoms with E-state index in [2.05, 4.69) is 29.5 Å². The maximum atomic E-state index is 13.4. The van der Waals surface area contributed by atoms with Crippen molar-refractivity contribution in [1.29, 1.82) is 0 Å². The van der Waals surface area contributed by atoms with Gasteiger partial charge in [-0.15, -0.1) is 24.0 Å². The van der Waals surface area contributed by atoms with Crippen LogP contribution in [-0.4, -0.2) is 38.3 Å². The predicted octanol–water partition coefficient (Wildman–Crippen LogP) is 3.46. The van der Waals surface area contributed by atoms with E-state index >= 15 is 0 Å². The van der Waals surface area contributed by atoms with Gasteiger partial charge in [-0.1, -0.05) is 26.0 Å². The molecule has 24 heavy (non-hydrogen) atoms. The van der Waals surface area contributed by atoms with Crippen molar-refractivity contribution in [2.45, 2.75) is 45.1 Å². The van der Waals surface area contributed by atoms with Gasteiger partial charge in [-0.2, -0.15) is 0 Å². The predicted molar refractivity (Wildman–Crippen MR) is 108 cm³/mol. The first kappa shape index (κ1) is 21.2. The number of benzene rings is 1. The number of hydrogen-bond donors (Lipinski definition) is 2. The molecule has 2 rings (SSSR count). The molecule has 0 spiro atoms. The third-order valence-corrected chi connectivity index (χ3v) is 4.10. The minimum absolute atomic E-state index is 0. The molecule has 2 N–H and O–H groups in total. The van der Waals surface area contributed by atoms with Crippen molar-refractivity contribution >= 4 is 29.9 Å². The summed E-state index contributed by atoms with van der Waals surface area (Å²) in [6, 6.07) is 6.75. The zero-order valence-electron chi connectivity index (χ0n) is 14.8. The topological polar surface area (TPSA) is 45.7 Å². The van der Waals surface area contributed by atoms with Crippen LogP contribution in [0.3, 0.4) is 0 Å². The normalized spacial score (nSPS) is 18.2. The molecule has 0 radical (unpaired) electrons. The van der Waals surface area contributed by atoms with Gasteiger partial charge in [-0.25, -0.2) is 4.39 Å². The summed E-state index contributed by atoms with van der Waals surface area (Å²) in [5.41, 5.74) is 0.727. The van der Waals surface area contributed by atoms with Gasteiger partial charge in [-0.3, -0.25) is 4.99 Å². The van der Waals surface area contributed by atoms with Crippen LogP contribution in [-0.2, 0) is 10.2 Å². The summed E-state index contributed by atoms with van der Waals surface area (Å²) >= 11 is 0. The number of nitrogens with zero attached hydrogens (tertiary/aromatic N) is 1. The van der Waals surface area contributed by atoms with Gasteiger partial charge < -0.3 is 15.4 Å². The Hall–Kier alpha value is -0.890. The number of aliphatic imine (C=N–C) groups is 1. The number of nitrogens with one attached hydrogen (secondary N) is 2. The highest BCUT2D eigenvalue weighted by atomic mass is 127. The van der Waals surface area contributed by atoms with E-state index in [0.29, 0.717) is 6.54 Å². The molecule has 0 bridgehead atoms. The molecule has 4 nitrogen and oxygen atoms in total. The van der Waals surface area contributed by atoms with Crippen LogP contribution < -0.4 is 10.6 Å². The minimum atomic E-state index is -0.228. The van der Waals surface area contributed by atoms with Crippen LogP contribution in [0.15, 0.2) is 29.3 Å². The van der Waals surface area contributed by atoms with Gasteiger partial charge in [-0.05, 0) is 37.5 Å². The fourth-order valence-electron chi connectivity index (χ4n) is 2.64. The second-order valence-corrected chi connectivity index (χ2v) is 6.61. The Balaban J connectivity index is 0.00000288. The smallest absolute Gasteiger partial charge is 0.191 e. The molecule has 136 valence electrons. The summed E-state index contributed by atoms with van der Waals surface area (Å²) < 4.78 is 19.1. The first-order valence-corrected chi connectivity index (χ1v) is 8.41. The van der Waals surface area contributed by atoms with Gasteiger partial charge in [0, 0.05) is 25.1 Å². The minimum Gasteiger partial charge on any atom is -0.376 e. The summed E-state index contributed by atoms with van der Waals surface area (Å²) in [7, 11) is 0. The Labute approximate surface area is 161 Å². The third kappa shape index (κ3) is 6.55. The van der Waals surface area contributed by atoms with Crippen molar-refractivity contribution in [3.8, 4) is 0 Å². The molecule has 1 fully saturated rings. The van der Waals surface area contributed by atoms with Crippen molar-refractivity contribution in [3.05, 3.63) is 35.6 Å². The van der Waals surface area contributed by atoms with Crippen molar-refractivity contribution < 1.29 is 9.13 Å². The van der Waals surface area contributed by atoms with Crippen molar-refractivity contribution in [2.75, 3.05) is 26.2 Å². The molecule has 1 aliphatic rings. The van der Waals surface area contributed by atoms with E-state index < -0.39 is 0 Å². The molecule has 6 heteroatoms. The van der Waals surface area contributed by atoms with Gasteiger partial charge >= 0.3 is 0 Å². The summed E-state index contributed by atoms with van der Waals surface area (Å²) in [6.45, 7) is 9.21. The van der Waals surface area contributed by atoms with E-state index in [0.717, 1.165) is 44.1 Å². The summed E-state index contributed by atoms with van der Waals surface area (Å²) in [6.07, 6.45) is 2.50. The molecule has 0 amide bonds. The summed E-state index contributed by atoms with van der Waals surface area (Å²) in [5, 5.41) is 6.59. The lowest BCUT2D eigenvalue weighted by Crippen LogP contribution is -2.41. The molecule has 0 aliphatic carbocycles. The summed E-state index contributed by atoms with van der Waals surface area (Å²) in [4.78, 5) is 4.67. The fourth-order valence-corrected chi connectivity index (χ4v) is 2.64. The van der Waals surface area contributed by atoms with Crippen molar-refractivity contribution in [3.63, 3.8) is 0 Å². The van der Waals surface area contributed by atoms with Crippen LogP contribution in [0.4, 0.5) is 4.39 Å². The molecular formula is C18H29FIN3O. The Bertz CT molecular complexity index is 531. The van der Waals surface area contributed by atoms with Gasteiger partial charge in [0.05, 0.1) is 12.6 Å². The zero-order valence-corrected chi connectivity index (χ0v) is 17.1. The molecule has 1 atom stereocenters. The number of halogens is 2. The standard InChI is InChI=1S/C18H28FN3O.HI/c1-4-20-17(21-12-16-9-6-10-23-16)22-13-18(2,3)14-7-5-8-15(19)11-14;/h5,7-8,11,16H,4,6,9-10,12-13H2,1-3H3,(H2,20,21,22);1H. The Kier molecular flexibility index (Phi) is 8.97. The van der Waals surface area contributed by atoms with Gasteiger partial charge in [0.25, 0.3) is 0 Å². The van der Waals surface area contributed by atoms with Crippen molar-refractivity contribution in [2.24, 2.45) is 4.99 Å². The molecule has 0 aromatic heterocycles. The third-order valence-electron chi connectivity index (χ3n) is 4.10. The van der Waals surface area contributed by atoms with Crippen LogP contribution in [0.1, 0.15) is 39.2 Å². The fraction of sp³-hybridized carbons (Fsp3) is 0.611. The average Bonchev–Trinajstić information content (AvgIpc) is 3.03. The van der Waals surface area contributed by atoms with Gasteiger partial charge in [0.2, 0.25) is 0 Å². The Morgan fingerprint density at radius 3 is 2.79 bits per heavy atom. The molecule has 1 heterocycles. The maximum absolute atomic E-state index is 13.4. The molecule has 1 aliphatic heterocycles. The number of guanidine groups is 1. The van der Waals surface area contributed by atoms with Crippen LogP contribution >= 0.6 is 24.0 Å². The summed E-state index contributed by atoms with van der Waals surface area (Å²) in [5.74, 6) is 0.579. The second kappa shape index (κ2) is 10.2. The largest absolute Gasteiger partial charge is 0.376 e. The lowest BCUT2D eigenvalue weighted by molar-refractivity contribution is 0.114. The SMILES string of the molecule is CCNC(=NCC(C)(C)c1cccc(F)c1)NCC1CCCO1.I. The van der Waals surface area contributed by atoms with Crippen LogP contribution in [0.2, 0.25) is 0 Å². The second-order valence-electron chi connectivity index (χ2n) is 6.61. The highest BCUT2D eigenvalue weighted by molar-refractivity contribution is 14.0. The lowest BCUT2D eigenvalue weighted by atomic mass is 9.85. The Morgan fingerprint density at radius 1 is 1.38 bits per heavy atom. The van der Waals surface area contributed by atoms with E-state index in [4.69, 9.17) is 4.74 Å². The number of ether oxygens (including phenoxy) is 1. The van der Waals surface area contributed by atoms with E-state index in [1.165, 1.54) is 6.07 Å². The number of hydrogen-bond acceptors (Lipinski definition) is 2. The van der Waals surface area contributed by atoms with Crippen molar-refractivity contribution in [1.82, 2.24) is 10.6 Å². The molecule has 1 saturated heterocycles. The van der Waals surface area contributed by atoms with Gasteiger partial charge in [0.1, 0.15) is 5.82 Å². The van der Waals surface area contributed by atoms with Crippen LogP contribution in [0.5, 0.6) is 0 Å². The first-order chi connectivity index (χ1) is 11.0. The molecule has 0 saturated carbocycles. The van der Waals surface area contributed by atoms with Gasteiger partial charge in [0.15, 0.2) is 5.96 Å². The van der Waals surface area contributed by atoms with Crippen LogP contribution in [0, 0.1) is 5.82 Å². The average molecular weight is 449 g/mol. The monoisotopic (exact) mass is 449 g/mol. The lowest BCUT2D eigenvalue weighted by Gasteiger charge is -2.24. The maximum Gasteiger partial charge on any atom is 0.191 e. The van der Waals surface area contributed by atoms with Crippen LogP contribution in [0.25, 0.3) is 0 Å². The van der Waals surface area contributed by atoms with E-state index in [1.54, 1.807) is 12.1 Å². The van der Waals surface area contributed by atoms with E-state index in [9.17, 15) is 4.39 Å². The highest BCUT2D eigenvalue weighted by Crippen LogP contribution is 2.24. The molecule has 1 aromatic rings. The zero-order chi connectivity index (χ0) is 16.7. The Morgan fingerprint density at radius 2 is 2.17 bits per heavy atom. The first-order valence-electron chi connectivity index (χ1n) is 8.41. The molecular weight excluding hydrogens is 420 g/mol. The van der Waals surface area contributed by atoms with E-state index in [1.807, 2.05) is 13.0 Å². The molecule has 1 aromatic carbocycles. The highest BCUT2D eigenvalue weighted by Gasteiger charge is 2.21. The van der Waals surface area contributed by atoms with E-state index in [-0.39, 0.29) is 41.3 Å². The molecule has 1 unspecified atom stereocenters. The number of rotatable bonds is 6.